The zero-order valence-electron chi connectivity index (χ0n) is 18.0. The predicted octanol–water partition coefficient (Wildman–Crippen LogP) is 2.02. The van der Waals surface area contributed by atoms with Crippen LogP contribution in [0.15, 0.2) is 48.7 Å². The molecule has 1 aromatic carbocycles. The van der Waals surface area contributed by atoms with Gasteiger partial charge in [0.05, 0.1) is 5.69 Å². The molecule has 1 aromatic heterocycles. The highest BCUT2D eigenvalue weighted by Crippen LogP contribution is 2.32. The van der Waals surface area contributed by atoms with E-state index in [-0.39, 0.29) is 24.2 Å². The van der Waals surface area contributed by atoms with E-state index in [0.29, 0.717) is 25.3 Å². The van der Waals surface area contributed by atoms with Crippen molar-refractivity contribution in [3.05, 3.63) is 60.2 Å². The van der Waals surface area contributed by atoms with E-state index in [1.807, 2.05) is 13.0 Å². The molecule has 0 bridgehead atoms. The number of hydrogen-bond donors (Lipinski definition) is 2. The minimum Gasteiger partial charge on any atom is -0.365 e. The van der Waals surface area contributed by atoms with Crippen LogP contribution in [0.4, 0.5) is 14.9 Å². The van der Waals surface area contributed by atoms with Gasteiger partial charge in [-0.1, -0.05) is 19.1 Å². The van der Waals surface area contributed by atoms with Gasteiger partial charge in [-0.3, -0.25) is 19.9 Å². The van der Waals surface area contributed by atoms with E-state index in [9.17, 15) is 18.8 Å². The number of amides is 4. The lowest BCUT2D eigenvalue weighted by Crippen LogP contribution is -2.55. The van der Waals surface area contributed by atoms with Crippen LogP contribution in [0.2, 0.25) is 0 Å². The molecule has 32 heavy (non-hydrogen) atoms. The van der Waals surface area contributed by atoms with Crippen LogP contribution < -0.4 is 15.5 Å². The first-order chi connectivity index (χ1) is 15.3. The van der Waals surface area contributed by atoms with Crippen LogP contribution in [0.3, 0.4) is 0 Å². The summed E-state index contributed by atoms with van der Waals surface area (Å²) >= 11 is 0. The largest absolute Gasteiger partial charge is 0.365 e. The molecule has 3 heterocycles. The zero-order valence-corrected chi connectivity index (χ0v) is 18.0. The number of urea groups is 1. The summed E-state index contributed by atoms with van der Waals surface area (Å²) in [5, 5.41) is 4.96. The third-order valence-electron chi connectivity index (χ3n) is 6.16. The number of carbonyl (C=O) groups is 3. The van der Waals surface area contributed by atoms with E-state index >= 15 is 0 Å². The van der Waals surface area contributed by atoms with Crippen LogP contribution >= 0.6 is 0 Å². The molecule has 0 saturated carbocycles. The number of hydrogen-bond acceptors (Lipinski definition) is 5. The lowest BCUT2D eigenvalue weighted by molar-refractivity contribution is -0.137. The molecule has 2 fully saturated rings. The van der Waals surface area contributed by atoms with Crippen LogP contribution in [-0.4, -0.2) is 53.4 Å². The molecule has 4 rings (SSSR count). The molecular formula is C23H26FN5O3. The fourth-order valence-corrected chi connectivity index (χ4v) is 4.59. The SMILES string of the molecule is CC(CC1(c2ccccn2)NC(=O)NC1=O)C(=O)N1CCN(c2cccc(F)c2)[C@@H](C)C1. The van der Waals surface area contributed by atoms with Crippen molar-refractivity contribution in [2.75, 3.05) is 24.5 Å². The van der Waals surface area contributed by atoms with E-state index < -0.39 is 23.4 Å². The van der Waals surface area contributed by atoms with Gasteiger partial charge in [0.1, 0.15) is 5.82 Å². The van der Waals surface area contributed by atoms with Crippen LogP contribution in [0.5, 0.6) is 0 Å². The number of halogens is 1. The Morgan fingerprint density at radius 3 is 2.69 bits per heavy atom. The van der Waals surface area contributed by atoms with Gasteiger partial charge in [-0.25, -0.2) is 9.18 Å². The number of carbonyl (C=O) groups excluding carboxylic acids is 3. The van der Waals surface area contributed by atoms with E-state index in [0.717, 1.165) is 5.69 Å². The van der Waals surface area contributed by atoms with Crippen LogP contribution in [0.25, 0.3) is 0 Å². The van der Waals surface area contributed by atoms with Crippen LogP contribution in [0.1, 0.15) is 26.0 Å². The molecule has 0 aliphatic carbocycles. The molecule has 0 radical (unpaired) electrons. The number of aromatic nitrogens is 1. The van der Waals surface area contributed by atoms with Gasteiger partial charge in [0, 0.05) is 43.5 Å². The van der Waals surface area contributed by atoms with Gasteiger partial charge in [-0.05, 0) is 43.7 Å². The number of anilines is 1. The first-order valence-electron chi connectivity index (χ1n) is 10.7. The van der Waals surface area contributed by atoms with Crippen molar-refractivity contribution >= 4 is 23.5 Å². The Labute approximate surface area is 185 Å². The van der Waals surface area contributed by atoms with Gasteiger partial charge >= 0.3 is 6.03 Å². The molecule has 2 aliphatic heterocycles. The Bertz CT molecular complexity index is 1030. The van der Waals surface area contributed by atoms with Crippen molar-refractivity contribution in [1.82, 2.24) is 20.5 Å². The van der Waals surface area contributed by atoms with Crippen molar-refractivity contribution in [2.24, 2.45) is 5.92 Å². The Balaban J connectivity index is 1.48. The summed E-state index contributed by atoms with van der Waals surface area (Å²) < 4.78 is 13.6. The molecular weight excluding hydrogens is 413 g/mol. The molecule has 3 atom stereocenters. The van der Waals surface area contributed by atoms with Crippen molar-refractivity contribution < 1.29 is 18.8 Å². The standard InChI is InChI=1S/C23H26FN5O3/c1-15(13-23(19-8-3-4-9-25-19)21(31)26-22(32)27-23)20(30)28-10-11-29(16(2)14-28)18-7-5-6-17(24)12-18/h3-9,12,15-16H,10-11,13-14H2,1-2H3,(H2,26,27,31,32)/t15?,16-,23?/m0/s1. The van der Waals surface area contributed by atoms with Crippen molar-refractivity contribution in [1.29, 1.82) is 0 Å². The van der Waals surface area contributed by atoms with Gasteiger partial charge in [-0.15, -0.1) is 0 Å². The van der Waals surface area contributed by atoms with Gasteiger partial charge < -0.3 is 15.1 Å². The highest BCUT2D eigenvalue weighted by Gasteiger charge is 2.50. The molecule has 4 amide bonds. The van der Waals surface area contributed by atoms with Crippen LogP contribution in [-0.2, 0) is 15.1 Å². The number of benzene rings is 1. The number of imide groups is 1. The Morgan fingerprint density at radius 1 is 1.25 bits per heavy atom. The number of nitrogens with one attached hydrogen (secondary N) is 2. The molecule has 8 nitrogen and oxygen atoms in total. The second kappa shape index (κ2) is 8.57. The average Bonchev–Trinajstić information content (AvgIpc) is 3.07. The van der Waals surface area contributed by atoms with Gasteiger partial charge in [0.15, 0.2) is 5.54 Å². The predicted molar refractivity (Wildman–Crippen MR) is 116 cm³/mol. The minimum absolute atomic E-state index is 0.000863. The Kier molecular flexibility index (Phi) is 5.82. The molecule has 2 aromatic rings. The summed E-state index contributed by atoms with van der Waals surface area (Å²) in [5.41, 5.74) is -0.202. The van der Waals surface area contributed by atoms with E-state index in [4.69, 9.17) is 0 Å². The number of nitrogens with zero attached hydrogens (tertiary/aromatic N) is 3. The lowest BCUT2D eigenvalue weighted by atomic mass is 9.84. The summed E-state index contributed by atoms with van der Waals surface area (Å²) in [6.07, 6.45) is 1.65. The van der Waals surface area contributed by atoms with Gasteiger partial charge in [0.25, 0.3) is 5.91 Å². The summed E-state index contributed by atoms with van der Waals surface area (Å²) in [6.45, 7) is 5.29. The maximum atomic E-state index is 13.6. The first kappa shape index (κ1) is 21.7. The highest BCUT2D eigenvalue weighted by molar-refractivity contribution is 6.07. The summed E-state index contributed by atoms with van der Waals surface area (Å²) in [5.74, 6) is -1.43. The lowest BCUT2D eigenvalue weighted by Gasteiger charge is -2.42. The maximum Gasteiger partial charge on any atom is 0.322 e. The fourth-order valence-electron chi connectivity index (χ4n) is 4.59. The Hall–Kier alpha value is -3.49. The number of rotatable bonds is 5. The van der Waals surface area contributed by atoms with Gasteiger partial charge in [-0.2, -0.15) is 0 Å². The third kappa shape index (κ3) is 4.02. The van der Waals surface area contributed by atoms with Crippen molar-refractivity contribution in [2.45, 2.75) is 31.8 Å². The highest BCUT2D eigenvalue weighted by atomic mass is 19.1. The molecule has 2 saturated heterocycles. The summed E-state index contributed by atoms with van der Waals surface area (Å²) in [7, 11) is 0. The zero-order chi connectivity index (χ0) is 22.9. The molecule has 2 aliphatic rings. The molecule has 2 unspecified atom stereocenters. The van der Waals surface area contributed by atoms with E-state index in [2.05, 4.69) is 20.5 Å². The second-order valence-corrected chi connectivity index (χ2v) is 8.44. The quantitative estimate of drug-likeness (QED) is 0.695. The first-order valence-corrected chi connectivity index (χ1v) is 10.7. The number of piperazine rings is 1. The smallest absolute Gasteiger partial charge is 0.322 e. The normalized spacial score (nSPS) is 24.2. The fraction of sp³-hybridized carbons (Fsp3) is 0.391. The topological polar surface area (TPSA) is 94.6 Å². The van der Waals surface area contributed by atoms with E-state index in [1.54, 1.807) is 42.3 Å². The summed E-state index contributed by atoms with van der Waals surface area (Å²) in [6, 6.07) is 11.0. The van der Waals surface area contributed by atoms with Crippen molar-refractivity contribution in [3.8, 4) is 0 Å². The maximum absolute atomic E-state index is 13.6. The molecule has 2 N–H and O–H groups in total. The van der Waals surface area contributed by atoms with Gasteiger partial charge in [0.2, 0.25) is 5.91 Å². The van der Waals surface area contributed by atoms with Crippen LogP contribution in [0, 0.1) is 11.7 Å². The minimum atomic E-state index is -1.39. The van der Waals surface area contributed by atoms with E-state index in [1.165, 1.54) is 12.1 Å². The third-order valence-corrected chi connectivity index (χ3v) is 6.16. The molecule has 0 spiro atoms. The monoisotopic (exact) mass is 439 g/mol. The Morgan fingerprint density at radius 2 is 2.06 bits per heavy atom. The summed E-state index contributed by atoms with van der Waals surface area (Å²) in [4.78, 5) is 46.1. The average molecular weight is 439 g/mol. The molecule has 168 valence electrons. The second-order valence-electron chi connectivity index (χ2n) is 8.44. The molecule has 9 heteroatoms. The number of pyridine rings is 1. The van der Waals surface area contributed by atoms with Crippen molar-refractivity contribution in [3.63, 3.8) is 0 Å².